The van der Waals surface area contributed by atoms with Crippen molar-refractivity contribution in [3.05, 3.63) is 22.3 Å². The van der Waals surface area contributed by atoms with Gasteiger partial charge in [-0.05, 0) is 53.9 Å². The third kappa shape index (κ3) is 4.44. The standard InChI is InChI=1S/C12H18BrN3O/c1-8(4-3-5-14)12(17)16-11-6-9(2)10(13)7-15-11/h6-8H,3-5,14H2,1-2H3,(H,15,16,17). The highest BCUT2D eigenvalue weighted by Crippen LogP contribution is 2.18. The molecule has 0 bridgehead atoms. The summed E-state index contributed by atoms with van der Waals surface area (Å²) >= 11 is 3.37. The number of amides is 1. The van der Waals surface area contributed by atoms with E-state index in [4.69, 9.17) is 5.73 Å². The fourth-order valence-electron chi connectivity index (χ4n) is 1.41. The Labute approximate surface area is 110 Å². The summed E-state index contributed by atoms with van der Waals surface area (Å²) in [7, 11) is 0. The fraction of sp³-hybridized carbons (Fsp3) is 0.500. The van der Waals surface area contributed by atoms with Gasteiger partial charge in [-0.3, -0.25) is 4.79 Å². The normalized spacial score (nSPS) is 12.2. The molecular formula is C12H18BrN3O. The van der Waals surface area contributed by atoms with Gasteiger partial charge in [0.15, 0.2) is 0 Å². The minimum Gasteiger partial charge on any atom is -0.330 e. The van der Waals surface area contributed by atoms with Crippen LogP contribution in [-0.2, 0) is 4.79 Å². The van der Waals surface area contributed by atoms with Crippen molar-refractivity contribution in [2.45, 2.75) is 26.7 Å². The first kappa shape index (κ1) is 14.1. The van der Waals surface area contributed by atoms with Gasteiger partial charge in [-0.25, -0.2) is 4.98 Å². The Balaban J connectivity index is 2.58. The highest BCUT2D eigenvalue weighted by molar-refractivity contribution is 9.10. The number of nitrogens with zero attached hydrogens (tertiary/aromatic N) is 1. The van der Waals surface area contributed by atoms with Crippen LogP contribution >= 0.6 is 15.9 Å². The zero-order chi connectivity index (χ0) is 12.8. The number of rotatable bonds is 5. The van der Waals surface area contributed by atoms with Crippen molar-refractivity contribution in [1.29, 1.82) is 0 Å². The van der Waals surface area contributed by atoms with Crippen molar-refractivity contribution < 1.29 is 4.79 Å². The van der Waals surface area contributed by atoms with Gasteiger partial charge in [-0.15, -0.1) is 0 Å². The maximum atomic E-state index is 11.8. The molecule has 0 fully saturated rings. The summed E-state index contributed by atoms with van der Waals surface area (Å²) in [5.41, 5.74) is 6.46. The summed E-state index contributed by atoms with van der Waals surface area (Å²) in [4.78, 5) is 15.9. The molecule has 1 rings (SSSR count). The Bertz CT molecular complexity index is 395. The Morgan fingerprint density at radius 3 is 2.94 bits per heavy atom. The average molecular weight is 300 g/mol. The third-order valence-electron chi connectivity index (χ3n) is 2.59. The van der Waals surface area contributed by atoms with Gasteiger partial charge in [0.25, 0.3) is 0 Å². The van der Waals surface area contributed by atoms with Crippen molar-refractivity contribution >= 4 is 27.7 Å². The second-order valence-corrected chi connectivity index (χ2v) is 4.99. The second kappa shape index (κ2) is 6.71. The zero-order valence-electron chi connectivity index (χ0n) is 10.2. The molecule has 1 aromatic rings. The number of carbonyl (C=O) groups is 1. The lowest BCUT2D eigenvalue weighted by molar-refractivity contribution is -0.119. The maximum Gasteiger partial charge on any atom is 0.228 e. The smallest absolute Gasteiger partial charge is 0.228 e. The molecule has 0 radical (unpaired) electrons. The SMILES string of the molecule is Cc1cc(NC(=O)C(C)CCCN)ncc1Br. The Kier molecular flexibility index (Phi) is 5.58. The topological polar surface area (TPSA) is 68.0 Å². The van der Waals surface area contributed by atoms with E-state index in [-0.39, 0.29) is 11.8 Å². The molecule has 1 heterocycles. The Morgan fingerprint density at radius 2 is 2.35 bits per heavy atom. The molecule has 1 unspecified atom stereocenters. The number of pyridine rings is 1. The van der Waals surface area contributed by atoms with Gasteiger partial charge in [0.1, 0.15) is 5.82 Å². The average Bonchev–Trinajstić information content (AvgIpc) is 2.30. The van der Waals surface area contributed by atoms with Gasteiger partial charge in [-0.2, -0.15) is 0 Å². The van der Waals surface area contributed by atoms with Crippen LogP contribution < -0.4 is 11.1 Å². The lowest BCUT2D eigenvalue weighted by Gasteiger charge is -2.11. The van der Waals surface area contributed by atoms with E-state index >= 15 is 0 Å². The van der Waals surface area contributed by atoms with Gasteiger partial charge in [-0.1, -0.05) is 6.92 Å². The Hall–Kier alpha value is -0.940. The van der Waals surface area contributed by atoms with Crippen molar-refractivity contribution in [3.63, 3.8) is 0 Å². The van der Waals surface area contributed by atoms with Gasteiger partial charge in [0.2, 0.25) is 5.91 Å². The van der Waals surface area contributed by atoms with Crippen LogP contribution in [0.1, 0.15) is 25.3 Å². The molecule has 0 aliphatic rings. The number of hydrogen-bond donors (Lipinski definition) is 2. The molecule has 3 N–H and O–H groups in total. The zero-order valence-corrected chi connectivity index (χ0v) is 11.8. The molecule has 17 heavy (non-hydrogen) atoms. The highest BCUT2D eigenvalue weighted by Gasteiger charge is 2.13. The van der Waals surface area contributed by atoms with Crippen LogP contribution in [0.25, 0.3) is 0 Å². The number of carbonyl (C=O) groups excluding carboxylic acids is 1. The van der Waals surface area contributed by atoms with E-state index < -0.39 is 0 Å². The summed E-state index contributed by atoms with van der Waals surface area (Å²) in [6.45, 7) is 4.48. The van der Waals surface area contributed by atoms with E-state index in [0.29, 0.717) is 12.4 Å². The summed E-state index contributed by atoms with van der Waals surface area (Å²) in [5.74, 6) is 0.548. The quantitative estimate of drug-likeness (QED) is 0.877. The molecule has 0 spiro atoms. The molecule has 4 nitrogen and oxygen atoms in total. The number of hydrogen-bond acceptors (Lipinski definition) is 3. The van der Waals surface area contributed by atoms with Crippen LogP contribution in [0.5, 0.6) is 0 Å². The van der Waals surface area contributed by atoms with Crippen molar-refractivity contribution in [2.75, 3.05) is 11.9 Å². The van der Waals surface area contributed by atoms with E-state index in [1.807, 2.05) is 19.9 Å². The molecule has 1 atom stereocenters. The fourth-order valence-corrected chi connectivity index (χ4v) is 1.63. The first-order chi connectivity index (χ1) is 8.04. The van der Waals surface area contributed by atoms with Gasteiger partial charge < -0.3 is 11.1 Å². The van der Waals surface area contributed by atoms with Crippen LogP contribution in [0.4, 0.5) is 5.82 Å². The monoisotopic (exact) mass is 299 g/mol. The van der Waals surface area contributed by atoms with Crippen LogP contribution in [-0.4, -0.2) is 17.4 Å². The molecule has 1 amide bonds. The molecule has 0 aliphatic heterocycles. The van der Waals surface area contributed by atoms with E-state index in [1.165, 1.54) is 0 Å². The molecule has 0 saturated heterocycles. The molecule has 5 heteroatoms. The van der Waals surface area contributed by atoms with Crippen LogP contribution in [0.2, 0.25) is 0 Å². The molecule has 0 saturated carbocycles. The van der Waals surface area contributed by atoms with E-state index in [2.05, 4.69) is 26.2 Å². The number of anilines is 1. The Morgan fingerprint density at radius 1 is 1.65 bits per heavy atom. The first-order valence-corrected chi connectivity index (χ1v) is 6.47. The van der Waals surface area contributed by atoms with E-state index in [0.717, 1.165) is 22.9 Å². The van der Waals surface area contributed by atoms with Crippen LogP contribution in [0.15, 0.2) is 16.7 Å². The number of aryl methyl sites for hydroxylation is 1. The van der Waals surface area contributed by atoms with Crippen LogP contribution in [0, 0.1) is 12.8 Å². The van der Waals surface area contributed by atoms with Crippen molar-refractivity contribution in [3.8, 4) is 0 Å². The summed E-state index contributed by atoms with van der Waals surface area (Å²) in [5, 5.41) is 2.81. The van der Waals surface area contributed by atoms with Gasteiger partial charge in [0, 0.05) is 16.6 Å². The first-order valence-electron chi connectivity index (χ1n) is 5.67. The predicted molar refractivity (Wildman–Crippen MR) is 72.8 cm³/mol. The molecule has 0 aliphatic carbocycles. The lowest BCUT2D eigenvalue weighted by atomic mass is 10.1. The van der Waals surface area contributed by atoms with E-state index in [1.54, 1.807) is 6.20 Å². The number of nitrogens with one attached hydrogen (secondary N) is 1. The summed E-state index contributed by atoms with van der Waals surface area (Å²) in [6.07, 6.45) is 3.36. The number of aromatic nitrogens is 1. The highest BCUT2D eigenvalue weighted by atomic mass is 79.9. The summed E-state index contributed by atoms with van der Waals surface area (Å²) in [6, 6.07) is 1.84. The van der Waals surface area contributed by atoms with Gasteiger partial charge in [0.05, 0.1) is 0 Å². The largest absolute Gasteiger partial charge is 0.330 e. The number of nitrogens with two attached hydrogens (primary N) is 1. The second-order valence-electron chi connectivity index (χ2n) is 4.14. The minimum absolute atomic E-state index is 0.00678. The van der Waals surface area contributed by atoms with E-state index in [9.17, 15) is 4.79 Å². The maximum absolute atomic E-state index is 11.8. The van der Waals surface area contributed by atoms with Gasteiger partial charge >= 0.3 is 0 Å². The molecular weight excluding hydrogens is 282 g/mol. The lowest BCUT2D eigenvalue weighted by Crippen LogP contribution is -2.21. The number of halogens is 1. The predicted octanol–water partition coefficient (Wildman–Crippen LogP) is 2.47. The summed E-state index contributed by atoms with van der Waals surface area (Å²) < 4.78 is 0.937. The third-order valence-corrected chi connectivity index (χ3v) is 3.42. The van der Waals surface area contributed by atoms with Crippen molar-refractivity contribution in [1.82, 2.24) is 4.98 Å². The molecule has 0 aromatic carbocycles. The van der Waals surface area contributed by atoms with Crippen molar-refractivity contribution in [2.24, 2.45) is 11.7 Å². The molecule has 1 aromatic heterocycles. The van der Waals surface area contributed by atoms with Crippen LogP contribution in [0.3, 0.4) is 0 Å². The molecule has 94 valence electrons. The minimum atomic E-state index is -0.0377.